The van der Waals surface area contributed by atoms with Crippen molar-refractivity contribution in [1.82, 2.24) is 0 Å². The molecule has 1 fully saturated rings. The molecule has 0 N–H and O–H groups in total. The van der Waals surface area contributed by atoms with Crippen LogP contribution >= 0.6 is 0 Å². The smallest absolute Gasteiger partial charge is 0.158 e. The number of hydrogen-bond donors (Lipinski definition) is 0. The zero-order valence-corrected chi connectivity index (χ0v) is 8.41. The second-order valence-corrected chi connectivity index (χ2v) is 4.43. The average molecular weight is 186 g/mol. The van der Waals surface area contributed by atoms with E-state index >= 15 is 0 Å². The standard InChI is InChI=1S/C12H15BO/c1-2-6-11-10(5-1)12-9(8-13-11)4-3-7-14-12/h1-2,5-6,9,12-13H,3-4,7-8H2. The van der Waals surface area contributed by atoms with Gasteiger partial charge in [-0.2, -0.15) is 0 Å². The zero-order chi connectivity index (χ0) is 9.38. The molecule has 0 aliphatic carbocycles. The third kappa shape index (κ3) is 1.29. The average Bonchev–Trinajstić information content (AvgIpc) is 2.29. The Bertz CT molecular complexity index is 337. The van der Waals surface area contributed by atoms with Crippen LogP contribution in [0.25, 0.3) is 0 Å². The molecule has 1 aromatic rings. The summed E-state index contributed by atoms with van der Waals surface area (Å²) in [6.45, 7) is 0.954. The lowest BCUT2D eigenvalue weighted by Crippen LogP contribution is -2.36. The highest BCUT2D eigenvalue weighted by Gasteiger charge is 2.32. The summed E-state index contributed by atoms with van der Waals surface area (Å²) in [5.41, 5.74) is 2.97. The molecule has 1 nitrogen and oxygen atoms in total. The summed E-state index contributed by atoms with van der Waals surface area (Å²) in [6.07, 6.45) is 4.35. The highest BCUT2D eigenvalue weighted by molar-refractivity contribution is 6.54. The Kier molecular flexibility index (Phi) is 2.09. The van der Waals surface area contributed by atoms with Gasteiger partial charge in [-0.15, -0.1) is 0 Å². The zero-order valence-electron chi connectivity index (χ0n) is 8.41. The molecule has 2 heterocycles. The van der Waals surface area contributed by atoms with E-state index in [4.69, 9.17) is 4.74 Å². The highest BCUT2D eigenvalue weighted by Crippen LogP contribution is 2.37. The molecule has 2 atom stereocenters. The monoisotopic (exact) mass is 186 g/mol. The van der Waals surface area contributed by atoms with Gasteiger partial charge in [0.25, 0.3) is 0 Å². The molecule has 0 spiro atoms. The van der Waals surface area contributed by atoms with Crippen molar-refractivity contribution < 1.29 is 4.74 Å². The second-order valence-electron chi connectivity index (χ2n) is 4.43. The Hall–Kier alpha value is -0.755. The largest absolute Gasteiger partial charge is 0.373 e. The van der Waals surface area contributed by atoms with Crippen LogP contribution in [0.15, 0.2) is 24.3 Å². The molecule has 0 bridgehead atoms. The Morgan fingerprint density at radius 1 is 1.29 bits per heavy atom. The Morgan fingerprint density at radius 2 is 2.21 bits per heavy atom. The quantitative estimate of drug-likeness (QED) is 0.559. The summed E-state index contributed by atoms with van der Waals surface area (Å²) >= 11 is 0. The van der Waals surface area contributed by atoms with Gasteiger partial charge in [0, 0.05) is 6.61 Å². The van der Waals surface area contributed by atoms with E-state index in [0.29, 0.717) is 6.10 Å². The minimum Gasteiger partial charge on any atom is -0.373 e. The van der Waals surface area contributed by atoms with Crippen molar-refractivity contribution >= 4 is 12.7 Å². The number of rotatable bonds is 0. The third-order valence-electron chi connectivity index (χ3n) is 3.59. The van der Waals surface area contributed by atoms with Gasteiger partial charge in [0.05, 0.1) is 6.10 Å². The van der Waals surface area contributed by atoms with Crippen molar-refractivity contribution in [3.05, 3.63) is 29.8 Å². The molecular weight excluding hydrogens is 171 g/mol. The number of benzene rings is 1. The van der Waals surface area contributed by atoms with Crippen molar-refractivity contribution in [3.8, 4) is 0 Å². The molecule has 2 heteroatoms. The number of hydrogen-bond acceptors (Lipinski definition) is 1. The van der Waals surface area contributed by atoms with Crippen molar-refractivity contribution in [2.45, 2.75) is 25.3 Å². The van der Waals surface area contributed by atoms with Crippen LogP contribution in [0.5, 0.6) is 0 Å². The van der Waals surface area contributed by atoms with Gasteiger partial charge in [-0.05, 0) is 24.3 Å². The molecule has 72 valence electrons. The van der Waals surface area contributed by atoms with Gasteiger partial charge in [0.2, 0.25) is 0 Å². The third-order valence-corrected chi connectivity index (χ3v) is 3.59. The van der Waals surface area contributed by atoms with Gasteiger partial charge in [0.15, 0.2) is 7.28 Å². The van der Waals surface area contributed by atoms with E-state index in [0.717, 1.165) is 12.5 Å². The van der Waals surface area contributed by atoms with Crippen LogP contribution in [0.1, 0.15) is 24.5 Å². The fraction of sp³-hybridized carbons (Fsp3) is 0.500. The Balaban J connectivity index is 1.99. The summed E-state index contributed by atoms with van der Waals surface area (Å²) < 4.78 is 5.91. The minimum atomic E-state index is 0.411. The SMILES string of the molecule is B1CC2CCCOC2c2ccccc21. The summed E-state index contributed by atoms with van der Waals surface area (Å²) in [4.78, 5) is 0. The molecule has 14 heavy (non-hydrogen) atoms. The first-order valence-corrected chi connectivity index (χ1v) is 5.64. The van der Waals surface area contributed by atoms with E-state index in [1.54, 1.807) is 0 Å². The van der Waals surface area contributed by atoms with E-state index in [9.17, 15) is 0 Å². The topological polar surface area (TPSA) is 9.23 Å². The lowest BCUT2D eigenvalue weighted by Gasteiger charge is -2.36. The fourth-order valence-corrected chi connectivity index (χ4v) is 2.86. The first kappa shape index (κ1) is 8.54. The second kappa shape index (κ2) is 3.43. The molecule has 0 saturated carbocycles. The lowest BCUT2D eigenvalue weighted by atomic mass is 9.55. The van der Waals surface area contributed by atoms with Crippen LogP contribution in [-0.2, 0) is 4.74 Å². The normalized spacial score (nSPS) is 30.0. The maximum absolute atomic E-state index is 5.91. The molecule has 0 amide bonds. The highest BCUT2D eigenvalue weighted by atomic mass is 16.5. The Labute approximate surface area is 85.7 Å². The van der Waals surface area contributed by atoms with Crippen molar-refractivity contribution in [2.75, 3.05) is 6.61 Å². The van der Waals surface area contributed by atoms with Gasteiger partial charge in [-0.25, -0.2) is 0 Å². The van der Waals surface area contributed by atoms with E-state index in [2.05, 4.69) is 24.3 Å². The van der Waals surface area contributed by atoms with E-state index < -0.39 is 0 Å². The van der Waals surface area contributed by atoms with Crippen LogP contribution < -0.4 is 5.46 Å². The number of ether oxygens (including phenoxy) is 1. The predicted molar refractivity (Wildman–Crippen MR) is 59.4 cm³/mol. The summed E-state index contributed by atoms with van der Waals surface area (Å²) in [5, 5.41) is 0. The van der Waals surface area contributed by atoms with Crippen molar-refractivity contribution in [3.63, 3.8) is 0 Å². The molecule has 3 rings (SSSR count). The summed E-state index contributed by atoms with van der Waals surface area (Å²) in [6, 6.07) is 8.78. The van der Waals surface area contributed by atoms with Gasteiger partial charge < -0.3 is 4.74 Å². The molecule has 0 radical (unpaired) electrons. The summed E-state index contributed by atoms with van der Waals surface area (Å²) in [7, 11) is 1.25. The predicted octanol–water partition coefficient (Wildman–Crippen LogP) is 1.65. The molecular formula is C12H15BO. The number of fused-ring (bicyclic) bond motifs is 3. The summed E-state index contributed by atoms with van der Waals surface area (Å²) in [5.74, 6) is 0.790. The van der Waals surface area contributed by atoms with Crippen LogP contribution in [0.3, 0.4) is 0 Å². The maximum atomic E-state index is 5.91. The van der Waals surface area contributed by atoms with Gasteiger partial charge >= 0.3 is 0 Å². The van der Waals surface area contributed by atoms with Gasteiger partial charge in [0.1, 0.15) is 0 Å². The molecule has 1 saturated heterocycles. The van der Waals surface area contributed by atoms with Gasteiger partial charge in [-0.3, -0.25) is 0 Å². The van der Waals surface area contributed by atoms with E-state index in [-0.39, 0.29) is 0 Å². The van der Waals surface area contributed by atoms with Crippen LogP contribution in [0.2, 0.25) is 6.32 Å². The minimum absolute atomic E-state index is 0.411. The molecule has 1 aromatic carbocycles. The maximum Gasteiger partial charge on any atom is 0.158 e. The van der Waals surface area contributed by atoms with E-state index in [1.807, 2.05) is 0 Å². The van der Waals surface area contributed by atoms with Crippen LogP contribution in [-0.4, -0.2) is 13.9 Å². The van der Waals surface area contributed by atoms with Crippen LogP contribution in [0.4, 0.5) is 0 Å². The first-order chi connectivity index (χ1) is 6.95. The van der Waals surface area contributed by atoms with Crippen molar-refractivity contribution in [2.24, 2.45) is 5.92 Å². The van der Waals surface area contributed by atoms with E-state index in [1.165, 1.54) is 37.5 Å². The molecule has 2 aliphatic heterocycles. The van der Waals surface area contributed by atoms with Crippen molar-refractivity contribution in [1.29, 1.82) is 0 Å². The molecule has 2 aliphatic rings. The Morgan fingerprint density at radius 3 is 3.21 bits per heavy atom. The lowest BCUT2D eigenvalue weighted by molar-refractivity contribution is -0.0226. The fourth-order valence-electron chi connectivity index (χ4n) is 2.86. The molecule has 0 aromatic heterocycles. The first-order valence-electron chi connectivity index (χ1n) is 5.64. The van der Waals surface area contributed by atoms with Gasteiger partial charge in [-0.1, -0.05) is 36.0 Å². The molecule has 2 unspecified atom stereocenters. The van der Waals surface area contributed by atoms with Crippen LogP contribution in [0, 0.1) is 5.92 Å².